The van der Waals surface area contributed by atoms with Gasteiger partial charge in [-0.25, -0.2) is 0 Å². The Hall–Kier alpha value is 0.0144. The van der Waals surface area contributed by atoms with E-state index in [1.165, 1.54) is 0 Å². The molecule has 0 heterocycles. The minimum absolute atomic E-state index is 0. The van der Waals surface area contributed by atoms with Crippen molar-refractivity contribution < 1.29 is 33.6 Å². The van der Waals surface area contributed by atoms with Crippen molar-refractivity contribution >= 4 is 5.97 Å². The van der Waals surface area contributed by atoms with Crippen molar-refractivity contribution in [3.05, 3.63) is 0 Å². The number of hydrogen-bond acceptors (Lipinski definition) is 3. The zero-order chi connectivity index (χ0) is 5.15. The van der Waals surface area contributed by atoms with Crippen molar-refractivity contribution in [3.63, 3.8) is 0 Å². The first-order valence-corrected chi connectivity index (χ1v) is 1.53. The summed E-state index contributed by atoms with van der Waals surface area (Å²) in [6, 6.07) is 0. The van der Waals surface area contributed by atoms with E-state index in [0.29, 0.717) is 0 Å². The predicted molar refractivity (Wildman–Crippen MR) is 16.7 cm³/mol. The third-order valence-electron chi connectivity index (χ3n) is 0.341. The molecular formula is C3H5O3V-. The van der Waals surface area contributed by atoms with E-state index < -0.39 is 12.1 Å². The Bertz CT molecular complexity index is 61.2. The third kappa shape index (κ3) is 6.01. The van der Waals surface area contributed by atoms with Crippen LogP contribution >= 0.6 is 0 Å². The zero-order valence-corrected chi connectivity index (χ0v) is 5.18. The Kier molecular flexibility index (Phi) is 6.03. The second-order valence-corrected chi connectivity index (χ2v) is 0.995. The van der Waals surface area contributed by atoms with Gasteiger partial charge in [0.1, 0.15) is 0 Å². The number of carbonyl (C=O) groups excluding carboxylic acids is 1. The van der Waals surface area contributed by atoms with Crippen LogP contribution in [0.5, 0.6) is 0 Å². The van der Waals surface area contributed by atoms with Crippen LogP contribution in [0.15, 0.2) is 0 Å². The van der Waals surface area contributed by atoms with Crippen LogP contribution in [0.3, 0.4) is 0 Å². The average molecular weight is 140 g/mol. The minimum Gasteiger partial charge on any atom is -0.547 e. The van der Waals surface area contributed by atoms with E-state index >= 15 is 0 Å². The quantitative estimate of drug-likeness (QED) is 0.463. The molecule has 0 aliphatic heterocycles. The molecule has 0 amide bonds. The van der Waals surface area contributed by atoms with Gasteiger partial charge in [-0.05, 0) is 6.92 Å². The van der Waals surface area contributed by atoms with E-state index in [-0.39, 0.29) is 18.6 Å². The van der Waals surface area contributed by atoms with Crippen LogP contribution in [0.25, 0.3) is 0 Å². The molecule has 4 heteroatoms. The van der Waals surface area contributed by atoms with Gasteiger partial charge >= 0.3 is 0 Å². The molecule has 1 atom stereocenters. The van der Waals surface area contributed by atoms with Gasteiger partial charge in [-0.3, -0.25) is 0 Å². The fraction of sp³-hybridized carbons (Fsp3) is 0.667. The summed E-state index contributed by atoms with van der Waals surface area (Å²) >= 11 is 0. The van der Waals surface area contributed by atoms with Gasteiger partial charge in [-0.2, -0.15) is 0 Å². The maximum Gasteiger partial charge on any atom is 0.0905 e. The normalized spacial score (nSPS) is 11.7. The van der Waals surface area contributed by atoms with Gasteiger partial charge in [-0.15, -0.1) is 0 Å². The second-order valence-electron chi connectivity index (χ2n) is 0.995. The van der Waals surface area contributed by atoms with E-state index in [1.54, 1.807) is 0 Å². The summed E-state index contributed by atoms with van der Waals surface area (Å²) in [6.45, 7) is 1.13. The van der Waals surface area contributed by atoms with E-state index in [1.807, 2.05) is 0 Å². The van der Waals surface area contributed by atoms with Crippen molar-refractivity contribution in [3.8, 4) is 0 Å². The number of hydrogen-bond donors (Lipinski definition) is 1. The molecule has 0 rings (SSSR count). The molecule has 0 aromatic rings. The van der Waals surface area contributed by atoms with Gasteiger partial charge in [0.15, 0.2) is 0 Å². The summed E-state index contributed by atoms with van der Waals surface area (Å²) < 4.78 is 0. The van der Waals surface area contributed by atoms with Crippen LogP contribution in [0, 0.1) is 0 Å². The second kappa shape index (κ2) is 4.18. The van der Waals surface area contributed by atoms with Crippen molar-refractivity contribution in [2.24, 2.45) is 0 Å². The average Bonchev–Trinajstić information content (AvgIpc) is 1.36. The Morgan fingerprint density at radius 1 is 1.86 bits per heavy atom. The molecule has 0 bridgehead atoms. The molecule has 0 aliphatic carbocycles. The Morgan fingerprint density at radius 2 is 2.00 bits per heavy atom. The summed E-state index contributed by atoms with van der Waals surface area (Å²) in [7, 11) is 0. The molecule has 3 nitrogen and oxygen atoms in total. The SMILES string of the molecule is C[C@H](O)C(=O)[O-].[V]. The number of carboxylic acid groups (broad SMARTS) is 1. The number of aliphatic carboxylic acids is 1. The number of rotatable bonds is 1. The first-order chi connectivity index (χ1) is 2.64. The van der Waals surface area contributed by atoms with Crippen molar-refractivity contribution in [2.45, 2.75) is 13.0 Å². The van der Waals surface area contributed by atoms with Gasteiger partial charge in [0.05, 0.1) is 12.1 Å². The fourth-order valence-corrected chi connectivity index (χ4v) is 0. The smallest absolute Gasteiger partial charge is 0.0905 e. The molecule has 0 spiro atoms. The van der Waals surface area contributed by atoms with Crippen molar-refractivity contribution in [1.29, 1.82) is 0 Å². The van der Waals surface area contributed by atoms with Crippen LogP contribution in [0.1, 0.15) is 6.92 Å². The standard InChI is InChI=1S/C3H6O3.V/c1-2(4)3(5)6;/h2,4H,1H3,(H,5,6);/p-1/t2-;/m0./s1. The largest absolute Gasteiger partial charge is 0.547 e. The Balaban J connectivity index is 0. The molecule has 0 saturated carbocycles. The summed E-state index contributed by atoms with van der Waals surface area (Å²) in [5.74, 6) is -1.44. The number of aliphatic hydroxyl groups is 1. The summed E-state index contributed by atoms with van der Waals surface area (Å²) in [5, 5.41) is 17.3. The third-order valence-corrected chi connectivity index (χ3v) is 0.341. The number of carbonyl (C=O) groups is 1. The minimum atomic E-state index is -1.44. The van der Waals surface area contributed by atoms with Crippen LogP contribution in [0.2, 0.25) is 0 Å². The van der Waals surface area contributed by atoms with Crippen LogP contribution in [-0.2, 0) is 23.4 Å². The summed E-state index contributed by atoms with van der Waals surface area (Å²) in [4.78, 5) is 9.34. The molecule has 0 aromatic heterocycles. The van der Waals surface area contributed by atoms with Gasteiger partial charge in [-0.1, -0.05) is 0 Å². The molecule has 0 aromatic carbocycles. The molecule has 1 N–H and O–H groups in total. The fourth-order valence-electron chi connectivity index (χ4n) is 0. The van der Waals surface area contributed by atoms with E-state index in [9.17, 15) is 9.90 Å². The predicted octanol–water partition coefficient (Wildman–Crippen LogP) is -1.89. The first-order valence-electron chi connectivity index (χ1n) is 1.53. The Morgan fingerprint density at radius 3 is 2.00 bits per heavy atom. The molecular weight excluding hydrogens is 135 g/mol. The van der Waals surface area contributed by atoms with Gasteiger partial charge < -0.3 is 15.0 Å². The zero-order valence-electron chi connectivity index (χ0n) is 3.79. The van der Waals surface area contributed by atoms with Gasteiger partial charge in [0.2, 0.25) is 0 Å². The van der Waals surface area contributed by atoms with E-state index in [2.05, 4.69) is 0 Å². The van der Waals surface area contributed by atoms with Crippen LogP contribution in [-0.4, -0.2) is 17.2 Å². The maximum atomic E-state index is 9.34. The molecule has 0 unspecified atom stereocenters. The summed E-state index contributed by atoms with van der Waals surface area (Å²) in [5.41, 5.74) is 0. The van der Waals surface area contributed by atoms with E-state index in [4.69, 9.17) is 5.11 Å². The maximum absolute atomic E-state index is 9.34. The van der Waals surface area contributed by atoms with Crippen LogP contribution in [0.4, 0.5) is 0 Å². The molecule has 0 aliphatic rings. The number of aliphatic hydroxyl groups excluding tert-OH is 1. The number of carboxylic acids is 1. The van der Waals surface area contributed by atoms with Crippen molar-refractivity contribution in [2.75, 3.05) is 0 Å². The molecule has 7 heavy (non-hydrogen) atoms. The summed E-state index contributed by atoms with van der Waals surface area (Å²) in [6.07, 6.45) is -1.34. The molecule has 0 fully saturated rings. The van der Waals surface area contributed by atoms with Gasteiger partial charge in [0.25, 0.3) is 0 Å². The first kappa shape index (κ1) is 10.1. The molecule has 41 valence electrons. The monoisotopic (exact) mass is 140 g/mol. The van der Waals surface area contributed by atoms with E-state index in [0.717, 1.165) is 6.92 Å². The van der Waals surface area contributed by atoms with Crippen LogP contribution < -0.4 is 5.11 Å². The topological polar surface area (TPSA) is 60.4 Å². The van der Waals surface area contributed by atoms with Crippen molar-refractivity contribution in [1.82, 2.24) is 0 Å². The molecule has 0 saturated heterocycles. The van der Waals surface area contributed by atoms with Gasteiger partial charge in [0, 0.05) is 18.6 Å². The molecule has 1 radical (unpaired) electrons. The Labute approximate surface area is 53.2 Å².